The Kier molecular flexibility index (Phi) is 5.92. The van der Waals surface area contributed by atoms with Crippen LogP contribution in [0.5, 0.6) is 0 Å². The van der Waals surface area contributed by atoms with Crippen LogP contribution in [0.4, 0.5) is 4.39 Å². The van der Waals surface area contributed by atoms with Crippen LogP contribution in [0.15, 0.2) is 53.4 Å². The minimum atomic E-state index is -3.54. The van der Waals surface area contributed by atoms with Crippen LogP contribution in [0, 0.1) is 18.7 Å². The molecule has 1 amide bonds. The number of piperidine rings is 1. The number of carbonyl (C=O) groups is 1. The first-order chi connectivity index (χ1) is 12.9. The molecular weight excluding hydrogens is 367 g/mol. The highest BCUT2D eigenvalue weighted by molar-refractivity contribution is 7.89. The van der Waals surface area contributed by atoms with Crippen molar-refractivity contribution in [3.05, 3.63) is 65.5 Å². The zero-order valence-electron chi connectivity index (χ0n) is 15.2. The Morgan fingerprint density at radius 3 is 2.37 bits per heavy atom. The lowest BCUT2D eigenvalue weighted by Gasteiger charge is -2.32. The lowest BCUT2D eigenvalue weighted by molar-refractivity contribution is 0.0687. The summed E-state index contributed by atoms with van der Waals surface area (Å²) in [6, 6.07) is 12.7. The average Bonchev–Trinajstić information content (AvgIpc) is 2.67. The molecule has 2 aromatic carbocycles. The molecule has 1 aliphatic heterocycles. The summed E-state index contributed by atoms with van der Waals surface area (Å²) in [5.41, 5.74) is 1.08. The van der Waals surface area contributed by atoms with Gasteiger partial charge in [-0.25, -0.2) is 17.5 Å². The quantitative estimate of drug-likeness (QED) is 0.854. The summed E-state index contributed by atoms with van der Waals surface area (Å²) < 4.78 is 41.2. The highest BCUT2D eigenvalue weighted by Crippen LogP contribution is 2.20. The van der Waals surface area contributed by atoms with Crippen LogP contribution < -0.4 is 4.72 Å². The van der Waals surface area contributed by atoms with Crippen molar-refractivity contribution >= 4 is 15.9 Å². The summed E-state index contributed by atoms with van der Waals surface area (Å²) in [4.78, 5) is 14.3. The number of carbonyl (C=O) groups excluding carboxylic acids is 1. The molecule has 0 unspecified atom stereocenters. The molecule has 1 N–H and O–H groups in total. The molecule has 0 aromatic heterocycles. The van der Waals surface area contributed by atoms with Crippen molar-refractivity contribution in [2.75, 3.05) is 19.6 Å². The van der Waals surface area contributed by atoms with Gasteiger partial charge in [-0.2, -0.15) is 0 Å². The van der Waals surface area contributed by atoms with Crippen LogP contribution in [0.1, 0.15) is 28.8 Å². The summed E-state index contributed by atoms with van der Waals surface area (Å²) in [7, 11) is -3.54. The van der Waals surface area contributed by atoms with E-state index in [-0.39, 0.29) is 22.3 Å². The van der Waals surface area contributed by atoms with E-state index in [4.69, 9.17) is 0 Å². The molecule has 1 aliphatic rings. The van der Waals surface area contributed by atoms with E-state index in [9.17, 15) is 17.6 Å². The summed E-state index contributed by atoms with van der Waals surface area (Å²) in [5, 5.41) is 0. The van der Waals surface area contributed by atoms with Gasteiger partial charge in [0.05, 0.1) is 10.5 Å². The van der Waals surface area contributed by atoms with Crippen molar-refractivity contribution < 1.29 is 17.6 Å². The number of sulfonamides is 1. The minimum Gasteiger partial charge on any atom is -0.339 e. The number of hydrogen-bond acceptors (Lipinski definition) is 3. The lowest BCUT2D eigenvalue weighted by atomic mass is 9.96. The van der Waals surface area contributed by atoms with E-state index < -0.39 is 15.8 Å². The van der Waals surface area contributed by atoms with E-state index in [1.54, 1.807) is 41.3 Å². The molecule has 5 nitrogen and oxygen atoms in total. The van der Waals surface area contributed by atoms with Crippen LogP contribution in [0.2, 0.25) is 0 Å². The van der Waals surface area contributed by atoms with E-state index in [2.05, 4.69) is 4.72 Å². The smallest absolute Gasteiger partial charge is 0.256 e. The molecule has 1 heterocycles. The van der Waals surface area contributed by atoms with Crippen LogP contribution in [-0.4, -0.2) is 38.9 Å². The topological polar surface area (TPSA) is 66.5 Å². The maximum absolute atomic E-state index is 13.8. The lowest BCUT2D eigenvalue weighted by Crippen LogP contribution is -2.41. The Balaban J connectivity index is 1.53. The molecule has 0 saturated carbocycles. The molecule has 1 saturated heterocycles. The second kappa shape index (κ2) is 8.19. The van der Waals surface area contributed by atoms with E-state index in [0.29, 0.717) is 32.5 Å². The summed E-state index contributed by atoms with van der Waals surface area (Å²) in [6.07, 6.45) is 1.35. The van der Waals surface area contributed by atoms with Gasteiger partial charge >= 0.3 is 0 Å². The second-order valence-corrected chi connectivity index (χ2v) is 8.65. The van der Waals surface area contributed by atoms with Crippen molar-refractivity contribution in [3.63, 3.8) is 0 Å². The van der Waals surface area contributed by atoms with Crippen molar-refractivity contribution in [1.29, 1.82) is 0 Å². The van der Waals surface area contributed by atoms with Gasteiger partial charge in [-0.05, 0) is 49.9 Å². The molecule has 144 valence electrons. The number of halogens is 1. The monoisotopic (exact) mass is 390 g/mol. The molecule has 0 aliphatic carbocycles. The molecule has 0 spiro atoms. The normalized spacial score (nSPS) is 15.7. The summed E-state index contributed by atoms with van der Waals surface area (Å²) >= 11 is 0. The molecule has 2 aromatic rings. The first-order valence-electron chi connectivity index (χ1n) is 8.97. The Morgan fingerprint density at radius 2 is 1.74 bits per heavy atom. The van der Waals surface area contributed by atoms with E-state index >= 15 is 0 Å². The predicted molar refractivity (Wildman–Crippen MR) is 101 cm³/mol. The number of amides is 1. The van der Waals surface area contributed by atoms with Crippen LogP contribution >= 0.6 is 0 Å². The fourth-order valence-electron chi connectivity index (χ4n) is 3.17. The van der Waals surface area contributed by atoms with Crippen molar-refractivity contribution in [2.45, 2.75) is 24.7 Å². The standard InChI is InChI=1S/C20H23FN2O3S/c1-15-6-8-17(9-7-15)27(25,26)22-14-16-10-12-23(13-11-16)20(24)18-4-2-3-5-19(18)21/h2-9,16,22H,10-14H2,1H3. The molecule has 3 rings (SSSR count). The number of aryl methyl sites for hydroxylation is 1. The number of rotatable bonds is 5. The largest absolute Gasteiger partial charge is 0.339 e. The molecule has 7 heteroatoms. The zero-order valence-corrected chi connectivity index (χ0v) is 16.0. The predicted octanol–water partition coefficient (Wildman–Crippen LogP) is 2.96. The molecule has 0 atom stereocenters. The summed E-state index contributed by atoms with van der Waals surface area (Å²) in [6.45, 7) is 3.21. The Bertz CT molecular complexity index is 905. The van der Waals surface area contributed by atoms with Gasteiger partial charge in [-0.3, -0.25) is 4.79 Å². The fourth-order valence-corrected chi connectivity index (χ4v) is 4.29. The van der Waals surface area contributed by atoms with Crippen molar-refractivity contribution in [3.8, 4) is 0 Å². The molecule has 27 heavy (non-hydrogen) atoms. The summed E-state index contributed by atoms with van der Waals surface area (Å²) in [5.74, 6) is -0.683. The second-order valence-electron chi connectivity index (χ2n) is 6.88. The molecule has 0 bridgehead atoms. The Labute approximate surface area is 159 Å². The maximum atomic E-state index is 13.8. The van der Waals surface area contributed by atoms with E-state index in [0.717, 1.165) is 5.56 Å². The molecule has 1 fully saturated rings. The van der Waals surface area contributed by atoms with Crippen molar-refractivity contribution in [2.24, 2.45) is 5.92 Å². The number of hydrogen-bond donors (Lipinski definition) is 1. The molecular formula is C20H23FN2O3S. The number of nitrogens with one attached hydrogen (secondary N) is 1. The third-order valence-corrected chi connectivity index (χ3v) is 6.34. The highest BCUT2D eigenvalue weighted by atomic mass is 32.2. The Morgan fingerprint density at radius 1 is 1.11 bits per heavy atom. The van der Waals surface area contributed by atoms with Crippen molar-refractivity contribution in [1.82, 2.24) is 9.62 Å². The number of nitrogens with zero attached hydrogens (tertiary/aromatic N) is 1. The Hall–Kier alpha value is -2.25. The first-order valence-corrected chi connectivity index (χ1v) is 10.5. The van der Waals surface area contributed by atoms with Gasteiger partial charge in [-0.15, -0.1) is 0 Å². The SMILES string of the molecule is Cc1ccc(S(=O)(=O)NCC2CCN(C(=O)c3ccccc3F)CC2)cc1. The van der Waals surface area contributed by atoms with Gasteiger partial charge in [0.25, 0.3) is 5.91 Å². The van der Waals surface area contributed by atoms with E-state index in [1.807, 2.05) is 6.92 Å². The van der Waals surface area contributed by atoms with Gasteiger partial charge in [0.15, 0.2) is 0 Å². The van der Waals surface area contributed by atoms with Crippen LogP contribution in [-0.2, 0) is 10.0 Å². The average molecular weight is 390 g/mol. The third-order valence-electron chi connectivity index (χ3n) is 4.90. The van der Waals surface area contributed by atoms with Gasteiger partial charge < -0.3 is 4.90 Å². The van der Waals surface area contributed by atoms with E-state index in [1.165, 1.54) is 12.1 Å². The minimum absolute atomic E-state index is 0.0797. The number of likely N-dealkylation sites (tertiary alicyclic amines) is 1. The van der Waals surface area contributed by atoms with Gasteiger partial charge in [-0.1, -0.05) is 29.8 Å². The third kappa shape index (κ3) is 4.73. The van der Waals surface area contributed by atoms with Crippen LogP contribution in [0.3, 0.4) is 0 Å². The zero-order chi connectivity index (χ0) is 19.4. The molecule has 0 radical (unpaired) electrons. The highest BCUT2D eigenvalue weighted by Gasteiger charge is 2.26. The van der Waals surface area contributed by atoms with Gasteiger partial charge in [0, 0.05) is 19.6 Å². The van der Waals surface area contributed by atoms with Crippen LogP contribution in [0.25, 0.3) is 0 Å². The number of benzene rings is 2. The first kappa shape index (κ1) is 19.5. The maximum Gasteiger partial charge on any atom is 0.256 e. The van der Waals surface area contributed by atoms with Gasteiger partial charge in [0.1, 0.15) is 5.82 Å². The van der Waals surface area contributed by atoms with Gasteiger partial charge in [0.2, 0.25) is 10.0 Å². The fraction of sp³-hybridized carbons (Fsp3) is 0.350.